The van der Waals surface area contributed by atoms with E-state index in [4.69, 9.17) is 23.2 Å². The van der Waals surface area contributed by atoms with Gasteiger partial charge in [0.25, 0.3) is 11.4 Å². The number of allylic oxidation sites excluding steroid dienone is 1. The van der Waals surface area contributed by atoms with E-state index in [1.165, 1.54) is 0 Å². The van der Waals surface area contributed by atoms with E-state index in [2.05, 4.69) is 5.32 Å². The number of carbonyl (C=O) groups is 2. The number of nitrogens with one attached hydrogen (secondary N) is 2. The van der Waals surface area contributed by atoms with Crippen LogP contribution in [-0.4, -0.2) is 36.1 Å². The average molecular weight is 533 g/mol. The molecule has 0 atom stereocenters. The second kappa shape index (κ2) is 9.97. The van der Waals surface area contributed by atoms with Crippen LogP contribution in [0.15, 0.2) is 29.5 Å². The lowest BCUT2D eigenvalue weighted by atomic mass is 9.70. The molecule has 2 rings (SSSR count). The molecule has 0 aliphatic heterocycles. The van der Waals surface area contributed by atoms with Crippen molar-refractivity contribution in [3.05, 3.63) is 45.1 Å². The van der Waals surface area contributed by atoms with Crippen LogP contribution >= 0.6 is 23.2 Å². The predicted octanol–water partition coefficient (Wildman–Crippen LogP) is 6.62. The van der Waals surface area contributed by atoms with Gasteiger partial charge in [-0.05, 0) is 36.5 Å². The maximum Gasteiger partial charge on any atom is 0.425 e. The highest BCUT2D eigenvalue weighted by molar-refractivity contribution is 6.36. The third-order valence-electron chi connectivity index (χ3n) is 5.45. The molecule has 0 spiro atoms. The Labute approximate surface area is 203 Å². The lowest BCUT2D eigenvalue weighted by molar-refractivity contribution is -0.290. The number of alkyl halides is 6. The number of hydrogen-bond donors (Lipinski definition) is 2. The van der Waals surface area contributed by atoms with Crippen LogP contribution in [0.2, 0.25) is 10.0 Å². The zero-order chi connectivity index (χ0) is 26.1. The van der Waals surface area contributed by atoms with E-state index in [0.717, 1.165) is 23.5 Å². The van der Waals surface area contributed by atoms with Crippen LogP contribution in [0.5, 0.6) is 0 Å². The molecule has 0 fully saturated rings. The van der Waals surface area contributed by atoms with Crippen molar-refractivity contribution >= 4 is 34.9 Å². The number of Topliss-reactive ketones (excluding diaryl/α,β-unsaturated/α-hetero) is 1. The van der Waals surface area contributed by atoms with Gasteiger partial charge < -0.3 is 10.6 Å². The molecule has 0 bridgehead atoms. The Balaban J connectivity index is 2.80. The van der Waals surface area contributed by atoms with Crippen molar-refractivity contribution in [3.8, 4) is 0 Å². The molecule has 1 amide bonds. The molecule has 1 aromatic carbocycles. The summed E-state index contributed by atoms with van der Waals surface area (Å²) in [6, 6.07) is 3.00. The molecule has 1 aliphatic carbocycles. The molecule has 0 aromatic heterocycles. The van der Waals surface area contributed by atoms with E-state index < -0.39 is 63.3 Å². The Morgan fingerprint density at radius 2 is 1.65 bits per heavy atom. The molecule has 12 heteroatoms. The van der Waals surface area contributed by atoms with Crippen molar-refractivity contribution in [2.45, 2.75) is 64.3 Å². The number of amides is 1. The summed E-state index contributed by atoms with van der Waals surface area (Å²) in [5, 5.41) is 3.28. The van der Waals surface area contributed by atoms with Gasteiger partial charge in [0.05, 0.1) is 16.2 Å². The van der Waals surface area contributed by atoms with Crippen LogP contribution in [0.1, 0.15) is 56.8 Å². The van der Waals surface area contributed by atoms with E-state index >= 15 is 0 Å². The zero-order valence-electron chi connectivity index (χ0n) is 18.6. The third kappa shape index (κ3) is 5.64. The third-order valence-corrected chi connectivity index (χ3v) is 5.99. The number of rotatable bonds is 7. The quantitative estimate of drug-likeness (QED) is 0.306. The van der Waals surface area contributed by atoms with E-state index in [1.807, 2.05) is 0 Å². The molecule has 0 heterocycles. The summed E-state index contributed by atoms with van der Waals surface area (Å²) in [5.41, 5.74) is -8.55. The van der Waals surface area contributed by atoms with E-state index in [-0.39, 0.29) is 18.0 Å². The number of benzene rings is 1. The lowest BCUT2D eigenvalue weighted by Gasteiger charge is -2.43. The molecule has 34 heavy (non-hydrogen) atoms. The Morgan fingerprint density at radius 1 is 1.06 bits per heavy atom. The Kier molecular flexibility index (Phi) is 8.30. The smallest absolute Gasteiger partial charge is 0.388 e. The number of hydrogen-bond acceptors (Lipinski definition) is 3. The first-order valence-electron chi connectivity index (χ1n) is 10.4. The van der Waals surface area contributed by atoms with Gasteiger partial charge in [0, 0.05) is 23.7 Å². The van der Waals surface area contributed by atoms with Crippen molar-refractivity contribution < 1.29 is 35.9 Å². The second-order valence-corrected chi connectivity index (χ2v) is 9.74. The zero-order valence-corrected chi connectivity index (χ0v) is 20.1. The van der Waals surface area contributed by atoms with Crippen LogP contribution in [0.25, 0.3) is 0 Å². The van der Waals surface area contributed by atoms with Gasteiger partial charge in [0.15, 0.2) is 5.78 Å². The summed E-state index contributed by atoms with van der Waals surface area (Å²) in [4.78, 5) is 25.7. The van der Waals surface area contributed by atoms with Gasteiger partial charge in [-0.1, -0.05) is 50.4 Å². The van der Waals surface area contributed by atoms with E-state index in [0.29, 0.717) is 12.8 Å². The van der Waals surface area contributed by atoms with Gasteiger partial charge >= 0.3 is 12.4 Å². The van der Waals surface area contributed by atoms with Gasteiger partial charge in [-0.2, -0.15) is 26.3 Å². The van der Waals surface area contributed by atoms with Crippen LogP contribution in [0.3, 0.4) is 0 Å². The van der Waals surface area contributed by atoms with E-state index in [1.54, 1.807) is 20.8 Å². The second-order valence-electron chi connectivity index (χ2n) is 8.90. The van der Waals surface area contributed by atoms with Crippen LogP contribution in [-0.2, 0) is 4.79 Å². The van der Waals surface area contributed by atoms with Gasteiger partial charge in [-0.25, -0.2) is 0 Å². The predicted molar refractivity (Wildman–Crippen MR) is 117 cm³/mol. The molecule has 2 N–H and O–H groups in total. The molecule has 0 saturated heterocycles. The fraction of sp³-hybridized carbons (Fsp3) is 0.545. The van der Waals surface area contributed by atoms with Gasteiger partial charge in [0.1, 0.15) is 0 Å². The summed E-state index contributed by atoms with van der Waals surface area (Å²) in [6.07, 6.45) is -12.0. The maximum atomic E-state index is 14.4. The first kappa shape index (κ1) is 28.3. The van der Waals surface area contributed by atoms with Gasteiger partial charge in [-0.15, -0.1) is 0 Å². The Hall–Kier alpha value is -1.94. The molecule has 0 saturated carbocycles. The highest BCUT2D eigenvalue weighted by Gasteiger charge is 2.76. The summed E-state index contributed by atoms with van der Waals surface area (Å²) < 4.78 is 86.5. The van der Waals surface area contributed by atoms with Crippen molar-refractivity contribution in [2.24, 2.45) is 5.41 Å². The molecule has 0 unspecified atom stereocenters. The number of ketones is 1. The highest BCUT2D eigenvalue weighted by Crippen LogP contribution is 2.52. The molecule has 1 aromatic rings. The summed E-state index contributed by atoms with van der Waals surface area (Å²) in [7, 11) is 0. The van der Waals surface area contributed by atoms with Crippen molar-refractivity contribution in [1.29, 1.82) is 0 Å². The first-order chi connectivity index (χ1) is 15.5. The van der Waals surface area contributed by atoms with E-state index in [9.17, 15) is 35.9 Å². The van der Waals surface area contributed by atoms with Crippen molar-refractivity contribution in [2.75, 3.05) is 6.54 Å². The number of unbranched alkanes of at least 4 members (excludes halogenated alkanes) is 1. The van der Waals surface area contributed by atoms with Crippen LogP contribution < -0.4 is 10.6 Å². The van der Waals surface area contributed by atoms with Crippen LogP contribution in [0.4, 0.5) is 26.3 Å². The average Bonchev–Trinajstić information content (AvgIpc) is 2.63. The van der Waals surface area contributed by atoms with Gasteiger partial charge in [-0.3, -0.25) is 9.59 Å². The minimum Gasteiger partial charge on any atom is -0.388 e. The van der Waals surface area contributed by atoms with Crippen LogP contribution in [0, 0.1) is 5.41 Å². The Bertz CT molecular complexity index is 973. The fourth-order valence-corrected chi connectivity index (χ4v) is 4.38. The number of carbonyl (C=O) groups excluding carboxylic acids is 2. The molecular weight excluding hydrogens is 509 g/mol. The molecule has 4 nitrogen and oxygen atoms in total. The topological polar surface area (TPSA) is 58.2 Å². The monoisotopic (exact) mass is 532 g/mol. The summed E-state index contributed by atoms with van der Waals surface area (Å²) in [5.74, 6) is -3.11. The minimum atomic E-state index is -6.11. The standard InChI is InChI=1S/C22H24Cl2F6N2O2/c1-4-5-8-31-15-10-19(2,3)11-16(33)17(15)20(21(25,26)27,22(28,29)30)32-18(34)13-7-6-12(23)9-14(13)24/h6-7,9,31H,4-5,8,10-11H2,1-3H3,(H,32,34). The SMILES string of the molecule is CCCCNC1=C(C(NC(=O)c2ccc(Cl)cc2Cl)(C(F)(F)F)C(F)(F)F)C(=O)CC(C)(C)C1. The summed E-state index contributed by atoms with van der Waals surface area (Å²) in [6.45, 7) is 4.98. The molecule has 190 valence electrons. The Morgan fingerprint density at radius 3 is 2.15 bits per heavy atom. The van der Waals surface area contributed by atoms with Crippen molar-refractivity contribution in [3.63, 3.8) is 0 Å². The number of halogens is 8. The van der Waals surface area contributed by atoms with Crippen molar-refractivity contribution in [1.82, 2.24) is 10.6 Å². The first-order valence-corrected chi connectivity index (χ1v) is 11.1. The maximum absolute atomic E-state index is 14.4. The summed E-state index contributed by atoms with van der Waals surface area (Å²) >= 11 is 11.6. The molecule has 0 radical (unpaired) electrons. The minimum absolute atomic E-state index is 0.0225. The normalized spacial score (nSPS) is 17.1. The highest BCUT2D eigenvalue weighted by atomic mass is 35.5. The van der Waals surface area contributed by atoms with Gasteiger partial charge in [0.2, 0.25) is 0 Å². The fourth-order valence-electron chi connectivity index (χ4n) is 3.88. The largest absolute Gasteiger partial charge is 0.425 e. The molecule has 1 aliphatic rings. The lowest BCUT2D eigenvalue weighted by Crippen LogP contribution is -2.70. The molecular formula is C22H24Cl2F6N2O2.